The molecule has 284 valence electrons. The lowest BCUT2D eigenvalue weighted by molar-refractivity contribution is -0.363. The number of esters is 1. The van der Waals surface area contributed by atoms with Gasteiger partial charge in [0.15, 0.2) is 12.6 Å². The summed E-state index contributed by atoms with van der Waals surface area (Å²) in [5, 5.41) is 76.3. The second kappa shape index (κ2) is 13.5. The number of cyclic esters (lactones) is 1. The number of aliphatic hydroxyl groups excluding tert-OH is 6. The van der Waals surface area contributed by atoms with Crippen LogP contribution in [0.4, 0.5) is 0 Å². The van der Waals surface area contributed by atoms with Gasteiger partial charge in [-0.3, -0.25) is 0 Å². The average molecular weight is 713 g/mol. The van der Waals surface area contributed by atoms with Crippen molar-refractivity contribution in [1.29, 1.82) is 0 Å². The molecule has 0 aromatic heterocycles. The van der Waals surface area contributed by atoms with Gasteiger partial charge in [-0.2, -0.15) is 0 Å². The molecule has 0 spiro atoms. The Hall–Kier alpha value is -1.27. The third-order valence-electron chi connectivity index (χ3n) is 14.5. The van der Waals surface area contributed by atoms with Crippen LogP contribution in [0.25, 0.3) is 0 Å². The maximum absolute atomic E-state index is 12.5. The highest BCUT2D eigenvalue weighted by atomic mass is 16.7. The van der Waals surface area contributed by atoms with Gasteiger partial charge >= 0.3 is 5.97 Å². The minimum atomic E-state index is -1.63. The Kier molecular flexibility index (Phi) is 10.0. The molecule has 7 N–H and O–H groups in total. The summed E-state index contributed by atoms with van der Waals surface area (Å²) in [5.74, 6) is 0.0825. The van der Waals surface area contributed by atoms with Crippen LogP contribution < -0.4 is 0 Å². The van der Waals surface area contributed by atoms with Crippen molar-refractivity contribution in [3.8, 4) is 0 Å². The van der Waals surface area contributed by atoms with E-state index in [9.17, 15) is 40.5 Å². The smallest absolute Gasteiger partial charge is 0.331 e. The summed E-state index contributed by atoms with van der Waals surface area (Å²) < 4.78 is 34.9. The van der Waals surface area contributed by atoms with Crippen LogP contribution in [0, 0.1) is 34.5 Å². The van der Waals surface area contributed by atoms with E-state index in [1.54, 1.807) is 13.0 Å². The number of rotatable bonds is 7. The monoisotopic (exact) mass is 712 g/mol. The molecule has 6 fully saturated rings. The predicted molar refractivity (Wildman–Crippen MR) is 172 cm³/mol. The van der Waals surface area contributed by atoms with Crippen LogP contribution in [-0.2, 0) is 33.2 Å². The quantitative estimate of drug-likeness (QED) is 0.136. The van der Waals surface area contributed by atoms with Gasteiger partial charge < -0.3 is 64.2 Å². The first kappa shape index (κ1) is 37.1. The molecule has 50 heavy (non-hydrogen) atoms. The first-order valence-electron chi connectivity index (χ1n) is 18.4. The fourth-order valence-corrected chi connectivity index (χ4v) is 11.6. The van der Waals surface area contributed by atoms with Gasteiger partial charge in [0, 0.05) is 25.0 Å². The zero-order chi connectivity index (χ0) is 35.9. The van der Waals surface area contributed by atoms with E-state index in [1.807, 2.05) is 0 Å². The van der Waals surface area contributed by atoms with Gasteiger partial charge in [-0.1, -0.05) is 13.8 Å². The Balaban J connectivity index is 1.01. The van der Waals surface area contributed by atoms with Crippen molar-refractivity contribution < 1.29 is 69.0 Å². The predicted octanol–water partition coefficient (Wildman–Crippen LogP) is -0.0948. The SMILES string of the molecule is CO[C@@H]1[C@H](O)[C@@H](O[C@@H]2C[C@H]3CC[C@@H]4[C@H](CC[C@]5(C)[C@@H](C6=CC(=O)OC6)CC[C@]45O)[C@@]3(C)[C@H](O)C2)O[C@H](C)[C@@H]1O[C@@H]1O[C@H](CO)[C@@H](O)[C@H](O)[C@H]1O. The van der Waals surface area contributed by atoms with E-state index in [1.165, 1.54) is 7.11 Å². The number of aliphatic hydroxyl groups is 7. The summed E-state index contributed by atoms with van der Waals surface area (Å²) in [6.45, 7) is 5.75. The minimum absolute atomic E-state index is 0.0330. The molecule has 19 atom stereocenters. The summed E-state index contributed by atoms with van der Waals surface area (Å²) in [5.41, 5.74) is -0.695. The molecule has 0 aromatic carbocycles. The molecule has 4 aliphatic carbocycles. The highest BCUT2D eigenvalue weighted by molar-refractivity contribution is 5.85. The average Bonchev–Trinajstić information content (AvgIpc) is 3.63. The molecule has 2 saturated heterocycles. The Morgan fingerprint density at radius 1 is 0.860 bits per heavy atom. The number of methoxy groups -OCH3 is 1. The molecular weight excluding hydrogens is 656 g/mol. The van der Waals surface area contributed by atoms with Gasteiger partial charge in [-0.25, -0.2) is 4.79 Å². The van der Waals surface area contributed by atoms with Gasteiger partial charge in [0.05, 0.1) is 30.5 Å². The number of hydrogen-bond acceptors (Lipinski definition) is 14. The second-order valence-corrected chi connectivity index (χ2v) is 16.6. The van der Waals surface area contributed by atoms with Crippen LogP contribution in [0.2, 0.25) is 0 Å². The Morgan fingerprint density at radius 2 is 1.60 bits per heavy atom. The lowest BCUT2D eigenvalue weighted by Crippen LogP contribution is -2.66. The van der Waals surface area contributed by atoms with E-state index in [0.717, 1.165) is 37.7 Å². The third kappa shape index (κ3) is 5.63. The summed E-state index contributed by atoms with van der Waals surface area (Å²) in [6.07, 6.45) is -6.17. The fraction of sp³-hybridized carbons (Fsp3) is 0.917. The van der Waals surface area contributed by atoms with E-state index in [0.29, 0.717) is 25.9 Å². The highest BCUT2D eigenvalue weighted by Gasteiger charge is 2.69. The van der Waals surface area contributed by atoms with Crippen LogP contribution in [0.15, 0.2) is 11.6 Å². The molecule has 0 unspecified atom stereocenters. The molecule has 3 heterocycles. The Labute approximate surface area is 292 Å². The van der Waals surface area contributed by atoms with Crippen LogP contribution in [0.5, 0.6) is 0 Å². The summed E-state index contributed by atoms with van der Waals surface area (Å²) in [6, 6.07) is 0. The van der Waals surface area contributed by atoms with Crippen LogP contribution in [0.1, 0.15) is 72.1 Å². The number of ether oxygens (including phenoxy) is 6. The third-order valence-corrected chi connectivity index (χ3v) is 14.5. The van der Waals surface area contributed by atoms with E-state index in [4.69, 9.17) is 28.4 Å². The van der Waals surface area contributed by atoms with Crippen molar-refractivity contribution in [1.82, 2.24) is 0 Å². The maximum Gasteiger partial charge on any atom is 0.331 e. The van der Waals surface area contributed by atoms with Crippen LogP contribution in [-0.4, -0.2) is 141 Å². The number of hydrogen-bond donors (Lipinski definition) is 7. The van der Waals surface area contributed by atoms with E-state index in [2.05, 4.69) is 13.8 Å². The first-order valence-corrected chi connectivity index (χ1v) is 18.4. The summed E-state index contributed by atoms with van der Waals surface area (Å²) in [7, 11) is 1.40. The van der Waals surface area contributed by atoms with Crippen molar-refractivity contribution in [2.45, 2.75) is 151 Å². The molecule has 7 aliphatic rings. The molecule has 14 nitrogen and oxygen atoms in total. The van der Waals surface area contributed by atoms with Crippen LogP contribution in [0.3, 0.4) is 0 Å². The number of carbonyl (C=O) groups excluding carboxylic acids is 1. The van der Waals surface area contributed by atoms with Crippen LogP contribution >= 0.6 is 0 Å². The topological polar surface area (TPSA) is 214 Å². The van der Waals surface area contributed by atoms with E-state index >= 15 is 0 Å². The van der Waals surface area contributed by atoms with Crippen molar-refractivity contribution in [3.63, 3.8) is 0 Å². The standard InChI is InChI=1S/C36H56O14/c1-16-30(50-32-28(42)27(41)26(40)23(14-37)49-32)31(45-4)29(43)33(47-16)48-19-12-18-5-6-22-21(35(18,3)24(38)13-19)7-9-34(2)20(8-10-36(22,34)44)17-11-25(39)46-15-17/h11,16,18-24,26-33,37-38,40-44H,5-10,12-15H2,1-4H3/t16-,18-,19-,20-,21+,22-,23-,24-,26-,27+,28-,29+,30+,31-,32+,33-,34-,35+,36+/m1/s1. The van der Waals surface area contributed by atoms with Gasteiger partial charge in [-0.05, 0) is 86.5 Å². The second-order valence-electron chi connectivity index (χ2n) is 16.6. The van der Waals surface area contributed by atoms with Crippen molar-refractivity contribution in [3.05, 3.63) is 11.6 Å². The van der Waals surface area contributed by atoms with Crippen molar-refractivity contribution in [2.24, 2.45) is 34.5 Å². The maximum atomic E-state index is 12.5. The van der Waals surface area contributed by atoms with Crippen molar-refractivity contribution >= 4 is 5.97 Å². The minimum Gasteiger partial charge on any atom is -0.458 e. The lowest BCUT2D eigenvalue weighted by Gasteiger charge is -2.64. The van der Waals surface area contributed by atoms with Gasteiger partial charge in [0.25, 0.3) is 0 Å². The van der Waals surface area contributed by atoms with Gasteiger partial charge in [0.2, 0.25) is 0 Å². The number of fused-ring (bicyclic) bond motifs is 5. The molecule has 7 rings (SSSR count). The summed E-state index contributed by atoms with van der Waals surface area (Å²) in [4.78, 5) is 11.9. The summed E-state index contributed by atoms with van der Waals surface area (Å²) >= 11 is 0. The Morgan fingerprint density at radius 3 is 2.28 bits per heavy atom. The van der Waals surface area contributed by atoms with Gasteiger partial charge in [-0.15, -0.1) is 0 Å². The molecular formula is C36H56O14. The highest BCUT2D eigenvalue weighted by Crippen LogP contribution is 2.70. The molecule has 0 bridgehead atoms. The molecule has 0 radical (unpaired) electrons. The number of carbonyl (C=O) groups is 1. The normalized spacial score (nSPS) is 55.1. The zero-order valence-electron chi connectivity index (χ0n) is 29.4. The molecule has 0 aromatic rings. The molecule has 0 amide bonds. The van der Waals surface area contributed by atoms with E-state index in [-0.39, 0.29) is 35.1 Å². The lowest BCUT2D eigenvalue weighted by atomic mass is 9.42. The zero-order valence-corrected chi connectivity index (χ0v) is 29.4. The molecule has 3 aliphatic heterocycles. The van der Waals surface area contributed by atoms with Gasteiger partial charge in [0.1, 0.15) is 49.3 Å². The molecule has 14 heteroatoms. The van der Waals surface area contributed by atoms with E-state index < -0.39 is 91.2 Å². The first-order chi connectivity index (χ1) is 23.7. The Bertz CT molecular complexity index is 1300. The molecule has 4 saturated carbocycles. The largest absolute Gasteiger partial charge is 0.458 e. The van der Waals surface area contributed by atoms with Crippen molar-refractivity contribution in [2.75, 3.05) is 20.3 Å². The fourth-order valence-electron chi connectivity index (χ4n) is 11.6.